The number of aliphatic hydroxyl groups is 10. The summed E-state index contributed by atoms with van der Waals surface area (Å²) >= 11 is 18.5. The zero-order valence-corrected chi connectivity index (χ0v) is 25.3. The highest BCUT2D eigenvalue weighted by Crippen LogP contribution is 2.14. The number of nitrogens with zero attached hydrogens (tertiary/aromatic N) is 2. The molecule has 0 aliphatic heterocycles. The second kappa shape index (κ2) is 21.7. The van der Waals surface area contributed by atoms with Crippen LogP contribution in [0.25, 0.3) is 0 Å². The fraction of sp³-hybridized carbons (Fsp3) is 0.913. The molecule has 0 spiro atoms. The van der Waals surface area contributed by atoms with Crippen LogP contribution in [0.5, 0.6) is 0 Å². The molecule has 0 rings (SSSR count). The Kier molecular flexibility index (Phi) is 21.8. The van der Waals surface area contributed by atoms with Gasteiger partial charge in [-0.25, -0.2) is 0 Å². The molecular formula is C23H46N2O10S4. The average Bonchev–Trinajstić information content (AvgIpc) is 2.91. The zero-order valence-electron chi connectivity index (χ0n) is 21.9. The SMILES string of the molecule is OC[C@@H](O)[C@@H](O)[C@H](O)[C@@H](O)CN(CCCCCCCCCN(C[C@H](O)[C@@H](O)[C@H](O)[C@H](O)CO)C(=S)S)C(=S)S. The third-order valence-electron chi connectivity index (χ3n) is 6.36. The molecule has 232 valence electrons. The summed E-state index contributed by atoms with van der Waals surface area (Å²) in [5.74, 6) is 0. The van der Waals surface area contributed by atoms with Gasteiger partial charge in [-0.15, -0.1) is 25.3 Å². The van der Waals surface area contributed by atoms with E-state index < -0.39 is 62.0 Å². The number of hydrogen-bond acceptors (Lipinski definition) is 12. The standard InChI is InChI=1S/C23H46N2O10S4/c26-12-16(30)20(34)18(32)14(28)10-24(22(36)37)8-6-4-2-1-3-5-7-9-25(23(38)39)11-15(29)19(33)21(35)17(31)13-27/h14-21,26-35H,1-13H2,(H,36,37)(H,38,39)/t14-,15-,16+,17+,18+,19+,20+,21+/m0/s1. The van der Waals surface area contributed by atoms with Crippen molar-refractivity contribution in [3.8, 4) is 0 Å². The van der Waals surface area contributed by atoms with E-state index in [0.717, 1.165) is 44.9 Å². The Labute approximate surface area is 251 Å². The summed E-state index contributed by atoms with van der Waals surface area (Å²) in [6.45, 7) is -0.716. The van der Waals surface area contributed by atoms with Gasteiger partial charge in [-0.1, -0.05) is 56.5 Å². The molecule has 0 bridgehead atoms. The molecule has 0 aliphatic rings. The molecular weight excluding hydrogens is 593 g/mol. The topological polar surface area (TPSA) is 209 Å². The molecule has 16 heteroatoms. The van der Waals surface area contributed by atoms with Gasteiger partial charge in [0.1, 0.15) is 45.3 Å². The van der Waals surface area contributed by atoms with Crippen LogP contribution in [-0.4, -0.2) is 158 Å². The molecule has 0 unspecified atom stereocenters. The van der Waals surface area contributed by atoms with E-state index in [1.165, 1.54) is 0 Å². The molecule has 0 aromatic heterocycles. The van der Waals surface area contributed by atoms with Crippen molar-refractivity contribution in [2.24, 2.45) is 0 Å². The van der Waals surface area contributed by atoms with E-state index in [1.54, 1.807) is 9.80 Å². The van der Waals surface area contributed by atoms with E-state index in [0.29, 0.717) is 13.1 Å². The van der Waals surface area contributed by atoms with Crippen LogP contribution in [0.3, 0.4) is 0 Å². The molecule has 0 saturated carbocycles. The third-order valence-corrected chi connectivity index (χ3v) is 7.44. The van der Waals surface area contributed by atoms with Crippen molar-refractivity contribution in [2.45, 2.75) is 93.8 Å². The highest BCUT2D eigenvalue weighted by atomic mass is 32.1. The van der Waals surface area contributed by atoms with Crippen molar-refractivity contribution in [2.75, 3.05) is 39.4 Å². The molecule has 0 amide bonds. The molecule has 0 aromatic carbocycles. The summed E-state index contributed by atoms with van der Waals surface area (Å²) < 4.78 is 0.448. The number of rotatable bonds is 22. The van der Waals surface area contributed by atoms with Crippen molar-refractivity contribution >= 4 is 58.3 Å². The number of unbranched alkanes of at least 4 members (excludes halogenated alkanes) is 6. The second-order valence-corrected chi connectivity index (χ2v) is 11.8. The molecule has 0 aliphatic carbocycles. The van der Waals surface area contributed by atoms with Gasteiger partial charge in [0, 0.05) is 26.2 Å². The normalized spacial score (nSPS) is 17.9. The van der Waals surface area contributed by atoms with E-state index in [4.69, 9.17) is 34.6 Å². The van der Waals surface area contributed by atoms with Gasteiger partial charge in [-0.2, -0.15) is 0 Å². The van der Waals surface area contributed by atoms with Gasteiger partial charge in [-0.05, 0) is 12.8 Å². The maximum absolute atomic E-state index is 10.2. The minimum absolute atomic E-state index is 0.0884. The smallest absolute Gasteiger partial charge is 0.133 e. The van der Waals surface area contributed by atoms with Gasteiger partial charge >= 0.3 is 0 Å². The highest BCUT2D eigenvalue weighted by Gasteiger charge is 2.32. The fourth-order valence-electron chi connectivity index (χ4n) is 3.81. The van der Waals surface area contributed by atoms with Crippen LogP contribution in [0.15, 0.2) is 0 Å². The van der Waals surface area contributed by atoms with E-state index in [2.05, 4.69) is 25.3 Å². The first kappa shape index (κ1) is 39.1. The van der Waals surface area contributed by atoms with E-state index >= 15 is 0 Å². The minimum Gasteiger partial charge on any atom is -0.394 e. The first-order chi connectivity index (χ1) is 18.3. The molecule has 0 radical (unpaired) electrons. The predicted molar refractivity (Wildman–Crippen MR) is 161 cm³/mol. The lowest BCUT2D eigenvalue weighted by Gasteiger charge is -2.30. The maximum Gasteiger partial charge on any atom is 0.133 e. The van der Waals surface area contributed by atoms with Crippen molar-refractivity contribution in [3.05, 3.63) is 0 Å². The molecule has 12 nitrogen and oxygen atoms in total. The number of aliphatic hydroxyl groups excluding tert-OH is 10. The van der Waals surface area contributed by atoms with E-state index in [9.17, 15) is 40.9 Å². The Morgan fingerprint density at radius 1 is 0.487 bits per heavy atom. The number of thiol groups is 2. The first-order valence-corrected chi connectivity index (χ1v) is 14.6. The fourth-order valence-corrected chi connectivity index (χ4v) is 4.51. The van der Waals surface area contributed by atoms with Crippen molar-refractivity contribution < 1.29 is 51.1 Å². The van der Waals surface area contributed by atoms with Gasteiger partial charge < -0.3 is 60.9 Å². The minimum atomic E-state index is -1.70. The molecule has 0 aromatic rings. The Balaban J connectivity index is 4.28. The molecule has 8 atom stereocenters. The summed E-state index contributed by atoms with van der Waals surface area (Å²) in [7, 11) is 0. The van der Waals surface area contributed by atoms with Gasteiger partial charge in [0.2, 0.25) is 0 Å². The monoisotopic (exact) mass is 638 g/mol. The van der Waals surface area contributed by atoms with Crippen LogP contribution in [0, 0.1) is 0 Å². The lowest BCUT2D eigenvalue weighted by atomic mass is 10.0. The molecule has 39 heavy (non-hydrogen) atoms. The Bertz CT molecular complexity index is 633. The maximum atomic E-state index is 10.2. The average molecular weight is 639 g/mol. The highest BCUT2D eigenvalue weighted by molar-refractivity contribution is 8.11. The largest absolute Gasteiger partial charge is 0.394 e. The van der Waals surface area contributed by atoms with E-state index in [1.807, 2.05) is 0 Å². The summed E-state index contributed by atoms with van der Waals surface area (Å²) in [6.07, 6.45) is -6.55. The molecule has 10 N–H and O–H groups in total. The quantitative estimate of drug-likeness (QED) is 0.0340. The number of hydrogen-bond donors (Lipinski definition) is 12. The van der Waals surface area contributed by atoms with Crippen LogP contribution in [0.4, 0.5) is 0 Å². The molecule has 0 heterocycles. The summed E-state index contributed by atoms with van der Waals surface area (Å²) in [5, 5.41) is 96.5. The van der Waals surface area contributed by atoms with Gasteiger partial charge in [-0.3, -0.25) is 0 Å². The lowest BCUT2D eigenvalue weighted by molar-refractivity contribution is -0.117. The summed E-state index contributed by atoms with van der Waals surface area (Å²) in [4.78, 5) is 3.18. The number of thiocarbonyl (C=S) groups is 2. The van der Waals surface area contributed by atoms with Crippen molar-refractivity contribution in [3.63, 3.8) is 0 Å². The third kappa shape index (κ3) is 15.8. The lowest BCUT2D eigenvalue weighted by Crippen LogP contribution is -2.50. The second-order valence-electron chi connectivity index (χ2n) is 9.53. The zero-order chi connectivity index (χ0) is 30.1. The van der Waals surface area contributed by atoms with Crippen molar-refractivity contribution in [1.29, 1.82) is 0 Å². The van der Waals surface area contributed by atoms with Gasteiger partial charge in [0.15, 0.2) is 0 Å². The Morgan fingerprint density at radius 3 is 1.00 bits per heavy atom. The van der Waals surface area contributed by atoms with Crippen LogP contribution in [0.1, 0.15) is 44.9 Å². The summed E-state index contributed by atoms with van der Waals surface area (Å²) in [6, 6.07) is 0. The molecule has 0 fully saturated rings. The van der Waals surface area contributed by atoms with Crippen LogP contribution < -0.4 is 0 Å². The Hall–Kier alpha value is 0.0800. The van der Waals surface area contributed by atoms with E-state index in [-0.39, 0.29) is 21.7 Å². The summed E-state index contributed by atoms with van der Waals surface area (Å²) in [5.41, 5.74) is 0. The van der Waals surface area contributed by atoms with Crippen LogP contribution in [-0.2, 0) is 0 Å². The Morgan fingerprint density at radius 2 is 0.744 bits per heavy atom. The van der Waals surface area contributed by atoms with Crippen LogP contribution >= 0.6 is 49.7 Å². The molecule has 0 saturated heterocycles. The van der Waals surface area contributed by atoms with Gasteiger partial charge in [0.05, 0.1) is 25.4 Å². The van der Waals surface area contributed by atoms with Gasteiger partial charge in [0.25, 0.3) is 0 Å². The van der Waals surface area contributed by atoms with Crippen LogP contribution in [0.2, 0.25) is 0 Å². The predicted octanol–water partition coefficient (Wildman–Crippen LogP) is -2.38. The van der Waals surface area contributed by atoms with Crippen molar-refractivity contribution in [1.82, 2.24) is 9.80 Å². The first-order valence-electron chi connectivity index (χ1n) is 12.9.